The Bertz CT molecular complexity index is 983. The van der Waals surface area contributed by atoms with Gasteiger partial charge in [0.1, 0.15) is 0 Å². The topological polar surface area (TPSA) is 126 Å². The van der Waals surface area contributed by atoms with Gasteiger partial charge in [-0.1, -0.05) is 24.3 Å². The van der Waals surface area contributed by atoms with Gasteiger partial charge in [-0.3, -0.25) is 4.79 Å². The van der Waals surface area contributed by atoms with Crippen LogP contribution < -0.4 is 0 Å². The Morgan fingerprint density at radius 1 is 0.667 bits per heavy atom. The van der Waals surface area contributed by atoms with Crippen molar-refractivity contribution in [2.24, 2.45) is 0 Å². The van der Waals surface area contributed by atoms with Crippen molar-refractivity contribution in [1.82, 2.24) is 41.2 Å². The molecule has 0 bridgehead atoms. The second-order valence-corrected chi connectivity index (χ2v) is 5.35. The smallest absolute Gasteiger partial charge is 0.194 e. The van der Waals surface area contributed by atoms with Crippen LogP contribution >= 0.6 is 0 Å². The van der Waals surface area contributed by atoms with E-state index in [1.165, 1.54) is 0 Å². The summed E-state index contributed by atoms with van der Waals surface area (Å²) in [4.78, 5) is 12.8. The first-order chi connectivity index (χ1) is 11.8. The largest absolute Gasteiger partial charge is 0.289 e. The number of nitrogens with zero attached hydrogens (tertiary/aromatic N) is 6. The number of nitrogens with one attached hydrogen (secondary N) is 2. The highest BCUT2D eigenvalue weighted by Gasteiger charge is 2.28. The summed E-state index contributed by atoms with van der Waals surface area (Å²) in [6, 6.07) is 11.2. The number of aromatic nitrogens is 8. The van der Waals surface area contributed by atoms with Crippen LogP contribution in [0.4, 0.5) is 0 Å². The molecule has 114 valence electrons. The molecule has 9 nitrogen and oxygen atoms in total. The number of carbonyl (C=O) groups excluding carboxylic acids is 1. The van der Waals surface area contributed by atoms with Gasteiger partial charge in [0.25, 0.3) is 0 Å². The molecule has 0 spiro atoms. The van der Waals surface area contributed by atoms with E-state index in [0.29, 0.717) is 22.8 Å². The molecule has 0 atom stereocenters. The summed E-state index contributed by atoms with van der Waals surface area (Å²) in [7, 11) is 0. The molecule has 2 heterocycles. The van der Waals surface area contributed by atoms with Gasteiger partial charge in [0, 0.05) is 22.3 Å². The van der Waals surface area contributed by atoms with Gasteiger partial charge < -0.3 is 0 Å². The van der Waals surface area contributed by atoms with Crippen LogP contribution in [0.3, 0.4) is 0 Å². The third-order valence-corrected chi connectivity index (χ3v) is 4.06. The standard InChI is InChI=1S/C15H8N8O/c24-13-11-5-7(14-16-20-21-17-14)1-3-9(11)10-4-2-8(6-12(10)13)15-18-22-23-19-15/h1-6H,(H,16,17,20,21)(H,18,19,22,23). The van der Waals surface area contributed by atoms with Crippen molar-refractivity contribution in [1.29, 1.82) is 0 Å². The number of fused-ring (bicyclic) bond motifs is 3. The average Bonchev–Trinajstić information content (AvgIpc) is 3.36. The van der Waals surface area contributed by atoms with Crippen molar-refractivity contribution < 1.29 is 4.79 Å². The van der Waals surface area contributed by atoms with Crippen molar-refractivity contribution in [3.05, 3.63) is 47.5 Å². The summed E-state index contributed by atoms with van der Waals surface area (Å²) in [5.41, 5.74) is 4.58. The Kier molecular flexibility index (Phi) is 2.46. The molecular weight excluding hydrogens is 308 g/mol. The minimum atomic E-state index is -0.0383. The Labute approximate surface area is 134 Å². The van der Waals surface area contributed by atoms with Crippen LogP contribution in [0.1, 0.15) is 15.9 Å². The number of hydrogen-bond acceptors (Lipinski definition) is 7. The first kappa shape index (κ1) is 12.8. The molecule has 0 saturated heterocycles. The van der Waals surface area contributed by atoms with Crippen LogP contribution in [0.15, 0.2) is 36.4 Å². The summed E-state index contributed by atoms with van der Waals surface area (Å²) in [6.07, 6.45) is 0. The summed E-state index contributed by atoms with van der Waals surface area (Å²) in [5, 5.41) is 27.4. The SMILES string of the molecule is O=C1c2cc(-c3nnn[nH]3)ccc2-c2ccc(-c3nnn[nH]3)cc21. The van der Waals surface area contributed by atoms with Crippen LogP contribution in [0.5, 0.6) is 0 Å². The quantitative estimate of drug-likeness (QED) is 0.502. The van der Waals surface area contributed by atoms with E-state index in [4.69, 9.17) is 0 Å². The second-order valence-electron chi connectivity index (χ2n) is 5.35. The molecule has 0 unspecified atom stereocenters. The maximum atomic E-state index is 12.8. The number of aromatic amines is 2. The van der Waals surface area contributed by atoms with Gasteiger partial charge in [0.05, 0.1) is 0 Å². The van der Waals surface area contributed by atoms with Gasteiger partial charge in [0.2, 0.25) is 0 Å². The zero-order valence-corrected chi connectivity index (χ0v) is 12.1. The number of hydrogen-bond donors (Lipinski definition) is 2. The maximum absolute atomic E-state index is 12.8. The van der Waals surface area contributed by atoms with E-state index in [1.54, 1.807) is 12.1 Å². The molecular formula is C15H8N8O. The van der Waals surface area contributed by atoms with Crippen molar-refractivity contribution in [2.75, 3.05) is 0 Å². The van der Waals surface area contributed by atoms with E-state index in [2.05, 4.69) is 41.2 Å². The molecule has 0 saturated carbocycles. The molecule has 1 aliphatic carbocycles. The van der Waals surface area contributed by atoms with Crippen LogP contribution in [0, 0.1) is 0 Å². The summed E-state index contributed by atoms with van der Waals surface area (Å²) in [6.45, 7) is 0. The Morgan fingerprint density at radius 2 is 1.17 bits per heavy atom. The molecule has 2 aromatic heterocycles. The Morgan fingerprint density at radius 3 is 1.58 bits per heavy atom. The summed E-state index contributed by atoms with van der Waals surface area (Å²) >= 11 is 0. The molecule has 0 aliphatic heterocycles. The van der Waals surface area contributed by atoms with E-state index in [1.807, 2.05) is 24.3 Å². The fourth-order valence-electron chi connectivity index (χ4n) is 2.94. The molecule has 1 aliphatic rings. The van der Waals surface area contributed by atoms with Crippen molar-refractivity contribution in [3.63, 3.8) is 0 Å². The molecule has 0 fully saturated rings. The lowest BCUT2D eigenvalue weighted by molar-refractivity contribution is 0.104. The van der Waals surface area contributed by atoms with Gasteiger partial charge in [0.15, 0.2) is 17.4 Å². The molecule has 0 radical (unpaired) electrons. The summed E-state index contributed by atoms with van der Waals surface area (Å²) in [5.74, 6) is 1.01. The Hall–Kier alpha value is -3.75. The number of ketones is 1. The van der Waals surface area contributed by atoms with E-state index >= 15 is 0 Å². The van der Waals surface area contributed by atoms with Gasteiger partial charge in [-0.2, -0.15) is 0 Å². The first-order valence-corrected chi connectivity index (χ1v) is 7.12. The van der Waals surface area contributed by atoms with E-state index in [9.17, 15) is 4.79 Å². The Balaban J connectivity index is 1.64. The predicted octanol–water partition coefficient (Wildman–Crippen LogP) is 1.26. The van der Waals surface area contributed by atoms with E-state index in [0.717, 1.165) is 22.3 Å². The fourth-order valence-corrected chi connectivity index (χ4v) is 2.94. The first-order valence-electron chi connectivity index (χ1n) is 7.12. The molecule has 24 heavy (non-hydrogen) atoms. The second kappa shape index (κ2) is 4.62. The van der Waals surface area contributed by atoms with Gasteiger partial charge in [-0.05, 0) is 44.1 Å². The van der Waals surface area contributed by atoms with Crippen LogP contribution in [-0.4, -0.2) is 47.0 Å². The third kappa shape index (κ3) is 1.72. The zero-order chi connectivity index (χ0) is 16.1. The molecule has 0 amide bonds. The highest BCUT2D eigenvalue weighted by atomic mass is 16.1. The highest BCUT2D eigenvalue weighted by molar-refractivity contribution is 6.22. The number of rotatable bonds is 2. The van der Waals surface area contributed by atoms with Crippen molar-refractivity contribution in [2.45, 2.75) is 0 Å². The van der Waals surface area contributed by atoms with Crippen LogP contribution in [0.2, 0.25) is 0 Å². The van der Waals surface area contributed by atoms with E-state index < -0.39 is 0 Å². The number of carbonyl (C=O) groups is 1. The predicted molar refractivity (Wildman–Crippen MR) is 81.7 cm³/mol. The van der Waals surface area contributed by atoms with Crippen LogP contribution in [-0.2, 0) is 0 Å². The average molecular weight is 316 g/mol. The number of benzene rings is 2. The monoisotopic (exact) mass is 316 g/mol. The lowest BCUT2D eigenvalue weighted by Crippen LogP contribution is -1.96. The lowest BCUT2D eigenvalue weighted by atomic mass is 10.0. The molecule has 2 N–H and O–H groups in total. The fraction of sp³-hybridized carbons (Fsp3) is 0. The molecule has 4 aromatic rings. The minimum Gasteiger partial charge on any atom is -0.289 e. The number of tetrazole rings is 2. The molecule has 2 aromatic carbocycles. The molecule has 9 heteroatoms. The minimum absolute atomic E-state index is 0.0383. The van der Waals surface area contributed by atoms with Gasteiger partial charge in [-0.25, -0.2) is 10.2 Å². The van der Waals surface area contributed by atoms with Crippen molar-refractivity contribution >= 4 is 5.78 Å². The lowest BCUT2D eigenvalue weighted by Gasteiger charge is -2.02. The van der Waals surface area contributed by atoms with Crippen LogP contribution in [0.25, 0.3) is 33.9 Å². The normalized spacial score (nSPS) is 12.2. The summed E-state index contributed by atoms with van der Waals surface area (Å²) < 4.78 is 0. The maximum Gasteiger partial charge on any atom is 0.194 e. The molecule has 5 rings (SSSR count). The highest BCUT2D eigenvalue weighted by Crippen LogP contribution is 2.39. The van der Waals surface area contributed by atoms with E-state index in [-0.39, 0.29) is 5.78 Å². The zero-order valence-electron chi connectivity index (χ0n) is 12.1. The van der Waals surface area contributed by atoms with Gasteiger partial charge >= 0.3 is 0 Å². The third-order valence-electron chi connectivity index (χ3n) is 4.06. The number of H-pyrrole nitrogens is 2. The van der Waals surface area contributed by atoms with Crippen molar-refractivity contribution in [3.8, 4) is 33.9 Å². The van der Waals surface area contributed by atoms with Gasteiger partial charge in [-0.15, -0.1) is 10.2 Å².